The topological polar surface area (TPSA) is 70.2 Å². The fraction of sp³-hybridized carbons (Fsp3) is 0.643. The summed E-state index contributed by atoms with van der Waals surface area (Å²) in [6, 6.07) is 0. The molecule has 112 valence electrons. The predicted molar refractivity (Wildman–Crippen MR) is 82.4 cm³/mol. The van der Waals surface area contributed by atoms with E-state index in [1.807, 2.05) is 25.8 Å². The van der Waals surface area contributed by atoms with Crippen molar-refractivity contribution in [3.63, 3.8) is 0 Å². The summed E-state index contributed by atoms with van der Waals surface area (Å²) in [5, 5.41) is 5.74. The number of rotatable bonds is 6. The van der Waals surface area contributed by atoms with Gasteiger partial charge in [0, 0.05) is 32.1 Å². The van der Waals surface area contributed by atoms with Crippen LogP contribution in [0.1, 0.15) is 38.1 Å². The molecule has 0 aromatic carbocycles. The molecule has 0 saturated carbocycles. The van der Waals surface area contributed by atoms with E-state index in [1.165, 1.54) is 0 Å². The van der Waals surface area contributed by atoms with E-state index in [2.05, 4.69) is 34.4 Å². The van der Waals surface area contributed by atoms with Crippen LogP contribution in [-0.4, -0.2) is 43.1 Å². The van der Waals surface area contributed by atoms with Gasteiger partial charge >= 0.3 is 0 Å². The normalized spacial score (nSPS) is 10.6. The highest BCUT2D eigenvalue weighted by atomic mass is 16.1. The van der Waals surface area contributed by atoms with Gasteiger partial charge in [0.05, 0.1) is 6.54 Å². The molecule has 6 heteroatoms. The molecule has 0 radical (unpaired) electrons. The van der Waals surface area contributed by atoms with E-state index in [1.54, 1.807) is 7.05 Å². The molecule has 1 rings (SSSR count). The maximum absolute atomic E-state index is 11.6. The van der Waals surface area contributed by atoms with Crippen LogP contribution < -0.4 is 15.5 Å². The van der Waals surface area contributed by atoms with Crippen LogP contribution in [-0.2, 0) is 4.79 Å². The summed E-state index contributed by atoms with van der Waals surface area (Å²) in [6.07, 6.45) is 0. The lowest BCUT2D eigenvalue weighted by molar-refractivity contribution is -0.119. The number of carbonyl (C=O) groups excluding carboxylic acids is 1. The number of anilines is 2. The minimum atomic E-state index is -0.0260. The van der Waals surface area contributed by atoms with Crippen LogP contribution in [0.3, 0.4) is 0 Å². The maximum Gasteiger partial charge on any atom is 0.239 e. The Balaban J connectivity index is 3.25. The first-order chi connectivity index (χ1) is 9.44. The molecule has 0 unspecified atom stereocenters. The highest BCUT2D eigenvalue weighted by Crippen LogP contribution is 2.25. The minimum absolute atomic E-state index is 0.0260. The van der Waals surface area contributed by atoms with E-state index in [-0.39, 0.29) is 11.8 Å². The SMILES string of the molecule is CCN(CC(=O)NC)c1nc(C(C)C)nc(NC)c1C. The number of nitrogens with one attached hydrogen (secondary N) is 2. The van der Waals surface area contributed by atoms with Crippen LogP contribution in [0.5, 0.6) is 0 Å². The van der Waals surface area contributed by atoms with Crippen molar-refractivity contribution in [2.45, 2.75) is 33.6 Å². The van der Waals surface area contributed by atoms with Crippen LogP contribution in [0.25, 0.3) is 0 Å². The molecule has 2 N–H and O–H groups in total. The van der Waals surface area contributed by atoms with Gasteiger partial charge < -0.3 is 15.5 Å². The zero-order chi connectivity index (χ0) is 15.3. The first kappa shape index (κ1) is 16.2. The van der Waals surface area contributed by atoms with Gasteiger partial charge in [0.2, 0.25) is 5.91 Å². The molecule has 20 heavy (non-hydrogen) atoms. The molecule has 0 bridgehead atoms. The van der Waals surface area contributed by atoms with Gasteiger partial charge in [0.25, 0.3) is 0 Å². The molecular formula is C14H25N5O. The second kappa shape index (κ2) is 7.07. The molecule has 0 saturated heterocycles. The van der Waals surface area contributed by atoms with Gasteiger partial charge in [0.15, 0.2) is 0 Å². The van der Waals surface area contributed by atoms with Gasteiger partial charge in [0.1, 0.15) is 17.5 Å². The second-order valence-corrected chi connectivity index (χ2v) is 4.97. The van der Waals surface area contributed by atoms with E-state index in [0.29, 0.717) is 13.1 Å². The Bertz CT molecular complexity index is 473. The third-order valence-electron chi connectivity index (χ3n) is 3.19. The second-order valence-electron chi connectivity index (χ2n) is 4.97. The van der Waals surface area contributed by atoms with Gasteiger partial charge in [-0.25, -0.2) is 9.97 Å². The Kier molecular flexibility index (Phi) is 5.73. The van der Waals surface area contributed by atoms with E-state index in [9.17, 15) is 4.79 Å². The van der Waals surface area contributed by atoms with Crippen molar-refractivity contribution in [1.29, 1.82) is 0 Å². The summed E-state index contributed by atoms with van der Waals surface area (Å²) in [5.74, 6) is 2.63. The number of carbonyl (C=O) groups is 1. The van der Waals surface area contributed by atoms with Crippen molar-refractivity contribution >= 4 is 17.5 Å². The number of nitrogens with zero attached hydrogens (tertiary/aromatic N) is 3. The number of hydrogen-bond acceptors (Lipinski definition) is 5. The molecule has 6 nitrogen and oxygen atoms in total. The van der Waals surface area contributed by atoms with Crippen molar-refractivity contribution in [2.24, 2.45) is 0 Å². The Morgan fingerprint density at radius 3 is 2.40 bits per heavy atom. The molecule has 1 aromatic rings. The van der Waals surface area contributed by atoms with Crippen LogP contribution in [0.15, 0.2) is 0 Å². The summed E-state index contributed by atoms with van der Waals surface area (Å²) < 4.78 is 0. The van der Waals surface area contributed by atoms with Gasteiger partial charge in [-0.05, 0) is 13.8 Å². The van der Waals surface area contributed by atoms with Crippen molar-refractivity contribution in [2.75, 3.05) is 37.4 Å². The minimum Gasteiger partial charge on any atom is -0.373 e. The molecule has 1 heterocycles. The Morgan fingerprint density at radius 2 is 1.95 bits per heavy atom. The van der Waals surface area contributed by atoms with Crippen LogP contribution >= 0.6 is 0 Å². The van der Waals surface area contributed by atoms with E-state index >= 15 is 0 Å². The summed E-state index contributed by atoms with van der Waals surface area (Å²) in [7, 11) is 3.49. The quantitative estimate of drug-likeness (QED) is 0.826. The van der Waals surface area contributed by atoms with Gasteiger partial charge in [-0.2, -0.15) is 0 Å². The molecule has 0 spiro atoms. The number of likely N-dealkylation sites (N-methyl/N-ethyl adjacent to an activating group) is 2. The lowest BCUT2D eigenvalue weighted by Gasteiger charge is -2.24. The fourth-order valence-corrected chi connectivity index (χ4v) is 1.92. The maximum atomic E-state index is 11.6. The summed E-state index contributed by atoms with van der Waals surface area (Å²) in [4.78, 5) is 22.7. The van der Waals surface area contributed by atoms with Crippen molar-refractivity contribution in [3.8, 4) is 0 Å². The monoisotopic (exact) mass is 279 g/mol. The zero-order valence-corrected chi connectivity index (χ0v) is 13.2. The Morgan fingerprint density at radius 1 is 1.30 bits per heavy atom. The third-order valence-corrected chi connectivity index (χ3v) is 3.19. The first-order valence-electron chi connectivity index (χ1n) is 6.96. The highest BCUT2D eigenvalue weighted by Gasteiger charge is 2.18. The average Bonchev–Trinajstić information content (AvgIpc) is 2.44. The smallest absolute Gasteiger partial charge is 0.239 e. The van der Waals surface area contributed by atoms with Crippen LogP contribution in [0.4, 0.5) is 11.6 Å². The fourth-order valence-electron chi connectivity index (χ4n) is 1.92. The Hall–Kier alpha value is -1.85. The zero-order valence-electron chi connectivity index (χ0n) is 13.2. The molecule has 1 amide bonds. The van der Waals surface area contributed by atoms with Gasteiger partial charge in [-0.1, -0.05) is 13.8 Å². The summed E-state index contributed by atoms with van der Waals surface area (Å²) in [5.41, 5.74) is 0.961. The predicted octanol–water partition coefficient (Wildman–Crippen LogP) is 1.52. The first-order valence-corrected chi connectivity index (χ1v) is 6.96. The van der Waals surface area contributed by atoms with Crippen molar-refractivity contribution in [3.05, 3.63) is 11.4 Å². The number of amides is 1. The Labute approximate surface area is 121 Å². The van der Waals surface area contributed by atoms with Crippen molar-refractivity contribution in [1.82, 2.24) is 15.3 Å². The molecule has 0 aliphatic carbocycles. The van der Waals surface area contributed by atoms with Crippen LogP contribution in [0, 0.1) is 6.92 Å². The van der Waals surface area contributed by atoms with Gasteiger partial charge in [-0.3, -0.25) is 4.79 Å². The lowest BCUT2D eigenvalue weighted by atomic mass is 10.2. The molecule has 0 aliphatic rings. The molecular weight excluding hydrogens is 254 g/mol. The van der Waals surface area contributed by atoms with Gasteiger partial charge in [-0.15, -0.1) is 0 Å². The largest absolute Gasteiger partial charge is 0.373 e. The number of aromatic nitrogens is 2. The summed E-state index contributed by atoms with van der Waals surface area (Å²) >= 11 is 0. The van der Waals surface area contributed by atoms with Crippen molar-refractivity contribution < 1.29 is 4.79 Å². The molecule has 0 atom stereocenters. The summed E-state index contributed by atoms with van der Waals surface area (Å²) in [6.45, 7) is 9.11. The lowest BCUT2D eigenvalue weighted by Crippen LogP contribution is -2.36. The van der Waals surface area contributed by atoms with E-state index in [0.717, 1.165) is 23.0 Å². The van der Waals surface area contributed by atoms with E-state index < -0.39 is 0 Å². The highest BCUT2D eigenvalue weighted by molar-refractivity contribution is 5.81. The average molecular weight is 279 g/mol. The molecule has 1 aromatic heterocycles. The third kappa shape index (κ3) is 3.59. The van der Waals surface area contributed by atoms with E-state index in [4.69, 9.17) is 0 Å². The molecule has 0 fully saturated rings. The number of hydrogen-bond donors (Lipinski definition) is 2. The molecule has 0 aliphatic heterocycles. The standard InChI is InChI=1S/C14H25N5O/c1-7-19(8-11(20)15-5)14-10(4)13(16-6)17-12(18-14)9(2)3/h9H,7-8H2,1-6H3,(H,15,20)(H,16,17,18). The van der Waals surface area contributed by atoms with Crippen LogP contribution in [0.2, 0.25) is 0 Å².